The van der Waals surface area contributed by atoms with Gasteiger partial charge in [0.15, 0.2) is 0 Å². The summed E-state index contributed by atoms with van der Waals surface area (Å²) in [6.07, 6.45) is 0. The van der Waals surface area contributed by atoms with Crippen molar-refractivity contribution in [2.75, 3.05) is 13.1 Å². The van der Waals surface area contributed by atoms with Gasteiger partial charge in [0, 0.05) is 31.3 Å². The second-order valence-electron chi connectivity index (χ2n) is 5.34. The van der Waals surface area contributed by atoms with E-state index in [2.05, 4.69) is 5.32 Å². The van der Waals surface area contributed by atoms with Crippen LogP contribution >= 0.6 is 11.3 Å². The fraction of sp³-hybridized carbons (Fsp3) is 0.250. The maximum absolute atomic E-state index is 13.5. The molecule has 2 amide bonds. The largest absolute Gasteiger partial charge is 0.352 e. The van der Waals surface area contributed by atoms with Crippen molar-refractivity contribution >= 4 is 23.2 Å². The van der Waals surface area contributed by atoms with Gasteiger partial charge in [0.2, 0.25) is 5.91 Å². The van der Waals surface area contributed by atoms with Crippen molar-refractivity contribution in [3.05, 3.63) is 57.8 Å². The van der Waals surface area contributed by atoms with Crippen molar-refractivity contribution in [1.29, 1.82) is 0 Å². The number of thiophene rings is 1. The zero-order valence-electron chi connectivity index (χ0n) is 12.1. The van der Waals surface area contributed by atoms with E-state index in [1.54, 1.807) is 17.0 Å². The maximum Gasteiger partial charge on any atom is 0.263 e. The number of carbonyl (C=O) groups is 2. The smallest absolute Gasteiger partial charge is 0.263 e. The molecule has 0 saturated carbocycles. The van der Waals surface area contributed by atoms with Gasteiger partial charge in [-0.3, -0.25) is 9.59 Å². The van der Waals surface area contributed by atoms with Crippen molar-refractivity contribution in [2.24, 2.45) is 5.92 Å². The number of nitrogens with one attached hydrogen (secondary N) is 1. The van der Waals surface area contributed by atoms with Crippen molar-refractivity contribution in [2.45, 2.75) is 6.54 Å². The Bertz CT molecular complexity index is 728. The Kier molecular flexibility index (Phi) is 4.38. The number of amides is 2. The lowest BCUT2D eigenvalue weighted by atomic mass is 9.98. The van der Waals surface area contributed by atoms with Gasteiger partial charge in [0.05, 0.1) is 10.8 Å². The molecule has 0 radical (unpaired) electrons. The summed E-state index contributed by atoms with van der Waals surface area (Å²) in [5.74, 6) is -1.94. The van der Waals surface area contributed by atoms with Crippen LogP contribution in [0.15, 0.2) is 35.7 Å². The van der Waals surface area contributed by atoms with Crippen LogP contribution < -0.4 is 5.32 Å². The molecular weight excluding hydrogens is 322 g/mol. The summed E-state index contributed by atoms with van der Waals surface area (Å²) in [5, 5.41) is 4.45. The Morgan fingerprint density at radius 3 is 2.70 bits per heavy atom. The number of rotatable bonds is 4. The lowest BCUT2D eigenvalue weighted by Crippen LogP contribution is -2.55. The van der Waals surface area contributed by atoms with Gasteiger partial charge in [-0.05, 0) is 17.5 Å². The first-order chi connectivity index (χ1) is 11.0. The van der Waals surface area contributed by atoms with E-state index < -0.39 is 11.6 Å². The van der Waals surface area contributed by atoms with E-state index in [1.807, 2.05) is 5.38 Å². The molecule has 2 heterocycles. The average molecular weight is 336 g/mol. The highest BCUT2D eigenvalue weighted by molar-refractivity contribution is 7.12. The summed E-state index contributed by atoms with van der Waals surface area (Å²) in [6, 6.07) is 6.79. The Balaban J connectivity index is 1.48. The van der Waals surface area contributed by atoms with Gasteiger partial charge in [-0.1, -0.05) is 12.1 Å². The highest BCUT2D eigenvalue weighted by atomic mass is 32.1. The highest BCUT2D eigenvalue weighted by Crippen LogP contribution is 2.21. The summed E-state index contributed by atoms with van der Waals surface area (Å²) in [5.41, 5.74) is 0.227. The first kappa shape index (κ1) is 15.6. The predicted octanol–water partition coefficient (Wildman–Crippen LogP) is 2.41. The molecule has 1 N–H and O–H groups in total. The second-order valence-corrected chi connectivity index (χ2v) is 6.29. The number of carbonyl (C=O) groups excluding carboxylic acids is 2. The number of benzene rings is 1. The summed E-state index contributed by atoms with van der Waals surface area (Å²) in [4.78, 5) is 26.3. The minimum Gasteiger partial charge on any atom is -0.352 e. The van der Waals surface area contributed by atoms with E-state index in [-0.39, 0.29) is 29.8 Å². The molecule has 2 aromatic rings. The number of halogens is 2. The number of nitrogens with zero attached hydrogens (tertiary/aromatic N) is 1. The molecule has 1 saturated heterocycles. The van der Waals surface area contributed by atoms with Gasteiger partial charge in [-0.2, -0.15) is 0 Å². The Morgan fingerprint density at radius 2 is 2.04 bits per heavy atom. The molecule has 120 valence electrons. The first-order valence-corrected chi connectivity index (χ1v) is 7.97. The van der Waals surface area contributed by atoms with Crippen molar-refractivity contribution < 1.29 is 18.4 Å². The molecule has 4 nitrogen and oxygen atoms in total. The van der Waals surface area contributed by atoms with Gasteiger partial charge >= 0.3 is 0 Å². The first-order valence-electron chi connectivity index (χ1n) is 7.09. The molecule has 1 aromatic heterocycles. The van der Waals surface area contributed by atoms with E-state index >= 15 is 0 Å². The van der Waals surface area contributed by atoms with E-state index in [1.165, 1.54) is 17.4 Å². The Labute approximate surface area is 135 Å². The summed E-state index contributed by atoms with van der Waals surface area (Å²) in [6.45, 7) is 0.712. The van der Waals surface area contributed by atoms with Crippen LogP contribution in [0.5, 0.6) is 0 Å². The normalized spacial score (nSPS) is 14.4. The summed E-state index contributed by atoms with van der Waals surface area (Å²) in [7, 11) is 0. The lowest BCUT2D eigenvalue weighted by molar-refractivity contribution is -0.129. The van der Waals surface area contributed by atoms with Gasteiger partial charge < -0.3 is 10.2 Å². The molecule has 1 aliphatic rings. The quantitative estimate of drug-likeness (QED) is 0.932. The van der Waals surface area contributed by atoms with Gasteiger partial charge in [-0.25, -0.2) is 8.78 Å². The zero-order valence-corrected chi connectivity index (χ0v) is 12.9. The van der Waals surface area contributed by atoms with Gasteiger partial charge in [0.1, 0.15) is 11.6 Å². The minimum absolute atomic E-state index is 0.000315. The fourth-order valence-corrected chi connectivity index (χ4v) is 3.05. The summed E-state index contributed by atoms with van der Waals surface area (Å²) >= 11 is 1.36. The van der Waals surface area contributed by atoms with E-state index in [0.717, 1.165) is 12.1 Å². The monoisotopic (exact) mass is 336 g/mol. The molecule has 7 heteroatoms. The SMILES string of the molecule is O=C(NCc1ccc(F)cc1F)C1CN(C(=O)c2cccs2)C1. The Hall–Kier alpha value is -2.28. The molecule has 3 rings (SSSR count). The van der Waals surface area contributed by atoms with Crippen molar-refractivity contribution in [3.8, 4) is 0 Å². The number of likely N-dealkylation sites (tertiary alicyclic amines) is 1. The molecular formula is C16H14F2N2O2S. The predicted molar refractivity (Wildman–Crippen MR) is 81.9 cm³/mol. The minimum atomic E-state index is -0.687. The van der Waals surface area contributed by atoms with Gasteiger partial charge in [-0.15, -0.1) is 11.3 Å². The average Bonchev–Trinajstić information content (AvgIpc) is 2.98. The van der Waals surface area contributed by atoms with Gasteiger partial charge in [0.25, 0.3) is 5.91 Å². The molecule has 23 heavy (non-hydrogen) atoms. The van der Waals surface area contributed by atoms with Crippen LogP contribution in [0.4, 0.5) is 8.78 Å². The van der Waals surface area contributed by atoms with E-state index in [4.69, 9.17) is 0 Å². The molecule has 1 fully saturated rings. The third kappa shape index (κ3) is 3.39. The van der Waals surface area contributed by atoms with Crippen LogP contribution in [0.25, 0.3) is 0 Å². The van der Waals surface area contributed by atoms with Crippen molar-refractivity contribution in [3.63, 3.8) is 0 Å². The van der Waals surface area contributed by atoms with Crippen LogP contribution in [0.1, 0.15) is 15.2 Å². The fourth-order valence-electron chi connectivity index (χ4n) is 2.36. The van der Waals surface area contributed by atoms with Crippen LogP contribution in [0.3, 0.4) is 0 Å². The molecule has 0 spiro atoms. The molecule has 0 bridgehead atoms. The molecule has 1 aromatic carbocycles. The molecule has 1 aliphatic heterocycles. The third-order valence-corrected chi connectivity index (χ3v) is 4.60. The van der Waals surface area contributed by atoms with Crippen molar-refractivity contribution in [1.82, 2.24) is 10.2 Å². The van der Waals surface area contributed by atoms with Crippen LogP contribution in [0.2, 0.25) is 0 Å². The topological polar surface area (TPSA) is 49.4 Å². The molecule has 0 atom stereocenters. The number of hydrogen-bond donors (Lipinski definition) is 1. The Morgan fingerprint density at radius 1 is 1.26 bits per heavy atom. The second kappa shape index (κ2) is 6.45. The highest BCUT2D eigenvalue weighted by Gasteiger charge is 2.36. The molecule has 0 unspecified atom stereocenters. The van der Waals surface area contributed by atoms with Crippen LogP contribution in [-0.2, 0) is 11.3 Å². The number of hydrogen-bond acceptors (Lipinski definition) is 3. The van der Waals surface area contributed by atoms with E-state index in [9.17, 15) is 18.4 Å². The summed E-state index contributed by atoms with van der Waals surface area (Å²) < 4.78 is 26.3. The third-order valence-electron chi connectivity index (χ3n) is 3.74. The van der Waals surface area contributed by atoms with E-state index in [0.29, 0.717) is 18.0 Å². The lowest BCUT2D eigenvalue weighted by Gasteiger charge is -2.37. The molecule has 0 aliphatic carbocycles. The standard InChI is InChI=1S/C16H14F2N2O2S/c17-12-4-3-10(13(18)6-12)7-19-15(21)11-8-20(9-11)16(22)14-2-1-5-23-14/h1-6,11H,7-9H2,(H,19,21). The van der Waals surface area contributed by atoms with Crippen LogP contribution in [-0.4, -0.2) is 29.8 Å². The zero-order chi connectivity index (χ0) is 16.4. The van der Waals surface area contributed by atoms with Crippen LogP contribution in [0, 0.1) is 17.6 Å². The maximum atomic E-state index is 13.5.